The Balaban J connectivity index is 1.44. The predicted octanol–water partition coefficient (Wildman–Crippen LogP) is 1.19. The minimum atomic E-state index is 0.0102. The van der Waals surface area contributed by atoms with Crippen molar-refractivity contribution in [3.8, 4) is 0 Å². The molecule has 0 saturated carbocycles. The lowest BCUT2D eigenvalue weighted by Crippen LogP contribution is -2.51. The summed E-state index contributed by atoms with van der Waals surface area (Å²) in [5, 5.41) is 2.79. The third kappa shape index (κ3) is 5.26. The van der Waals surface area contributed by atoms with Gasteiger partial charge in [-0.15, -0.1) is 11.8 Å². The molecule has 1 aromatic carbocycles. The molecule has 3 amide bonds. The van der Waals surface area contributed by atoms with Gasteiger partial charge >= 0.3 is 0 Å². The second-order valence-corrected chi connectivity index (χ2v) is 8.11. The summed E-state index contributed by atoms with van der Waals surface area (Å²) in [6, 6.07) is 7.92. The number of likely N-dealkylation sites (N-methyl/N-ethyl adjacent to an activating group) is 1. The maximum absolute atomic E-state index is 12.7. The quantitative estimate of drug-likeness (QED) is 0.771. The number of piperazine rings is 1. The minimum absolute atomic E-state index is 0.0102. The van der Waals surface area contributed by atoms with Gasteiger partial charge in [0.2, 0.25) is 17.7 Å². The van der Waals surface area contributed by atoms with E-state index in [-0.39, 0.29) is 30.6 Å². The van der Waals surface area contributed by atoms with Gasteiger partial charge in [-0.05, 0) is 19.1 Å². The SMILES string of the molecule is CCNC(=O)CN1CCN(C(=O)CCC(=O)N2CCSc3ccccc32)CC1. The Kier molecular flexibility index (Phi) is 7.33. The predicted molar refractivity (Wildman–Crippen MR) is 110 cm³/mol. The summed E-state index contributed by atoms with van der Waals surface area (Å²) in [7, 11) is 0. The molecule has 1 aromatic rings. The molecule has 0 bridgehead atoms. The molecule has 1 fully saturated rings. The van der Waals surface area contributed by atoms with E-state index in [0.717, 1.165) is 16.3 Å². The number of hydrogen-bond acceptors (Lipinski definition) is 5. The Bertz CT molecular complexity index is 719. The van der Waals surface area contributed by atoms with Crippen LogP contribution in [0.25, 0.3) is 0 Å². The van der Waals surface area contributed by atoms with E-state index in [1.807, 2.05) is 41.0 Å². The van der Waals surface area contributed by atoms with Crippen molar-refractivity contribution < 1.29 is 14.4 Å². The minimum Gasteiger partial charge on any atom is -0.355 e. The summed E-state index contributed by atoms with van der Waals surface area (Å²) in [5.74, 6) is 0.930. The zero-order valence-electron chi connectivity index (χ0n) is 16.4. The summed E-state index contributed by atoms with van der Waals surface area (Å²) in [5.41, 5.74) is 0.954. The molecule has 1 N–H and O–H groups in total. The summed E-state index contributed by atoms with van der Waals surface area (Å²) >= 11 is 1.76. The van der Waals surface area contributed by atoms with Crippen LogP contribution in [0.2, 0.25) is 0 Å². The standard InChI is InChI=1S/C20H28N4O3S/c1-2-21-18(25)15-22-9-11-23(12-10-22)19(26)7-8-20(27)24-13-14-28-17-6-4-3-5-16(17)24/h3-6H,2,7-15H2,1H3,(H,21,25). The molecule has 1 saturated heterocycles. The number of benzene rings is 1. The normalized spacial score (nSPS) is 17.2. The van der Waals surface area contributed by atoms with Crippen molar-refractivity contribution >= 4 is 35.2 Å². The molecule has 7 nitrogen and oxygen atoms in total. The highest BCUT2D eigenvalue weighted by Crippen LogP contribution is 2.34. The maximum Gasteiger partial charge on any atom is 0.234 e. The summed E-state index contributed by atoms with van der Waals surface area (Å²) in [6.45, 7) is 6.18. The third-order valence-corrected chi connectivity index (χ3v) is 6.09. The fourth-order valence-corrected chi connectivity index (χ4v) is 4.54. The number of rotatable bonds is 6. The van der Waals surface area contributed by atoms with E-state index in [4.69, 9.17) is 0 Å². The van der Waals surface area contributed by atoms with E-state index < -0.39 is 0 Å². The summed E-state index contributed by atoms with van der Waals surface area (Å²) in [6.07, 6.45) is 0.470. The summed E-state index contributed by atoms with van der Waals surface area (Å²) in [4.78, 5) is 43.7. The van der Waals surface area contributed by atoms with Gasteiger partial charge < -0.3 is 15.1 Å². The second-order valence-electron chi connectivity index (χ2n) is 6.97. The lowest BCUT2D eigenvalue weighted by Gasteiger charge is -2.34. The Morgan fingerprint density at radius 1 is 1.00 bits per heavy atom. The average molecular weight is 405 g/mol. The highest BCUT2D eigenvalue weighted by molar-refractivity contribution is 7.99. The first kappa shape index (κ1) is 20.7. The molecule has 8 heteroatoms. The van der Waals surface area contributed by atoms with Gasteiger partial charge in [-0.25, -0.2) is 0 Å². The van der Waals surface area contributed by atoms with Gasteiger partial charge in [0.25, 0.3) is 0 Å². The average Bonchev–Trinajstić information content (AvgIpc) is 2.72. The van der Waals surface area contributed by atoms with Crippen molar-refractivity contribution in [3.63, 3.8) is 0 Å². The lowest BCUT2D eigenvalue weighted by atomic mass is 10.2. The number of fused-ring (bicyclic) bond motifs is 1. The van der Waals surface area contributed by atoms with Crippen LogP contribution in [0.5, 0.6) is 0 Å². The molecule has 2 aliphatic rings. The first-order chi connectivity index (χ1) is 13.6. The zero-order valence-corrected chi connectivity index (χ0v) is 17.2. The van der Waals surface area contributed by atoms with Gasteiger partial charge in [-0.2, -0.15) is 0 Å². The molecule has 0 aliphatic carbocycles. The Morgan fingerprint density at radius 2 is 1.71 bits per heavy atom. The molecule has 0 aromatic heterocycles. The van der Waals surface area contributed by atoms with Crippen LogP contribution in [0.1, 0.15) is 19.8 Å². The Hall–Kier alpha value is -2.06. The number of nitrogens with zero attached hydrogens (tertiary/aromatic N) is 3. The molecular formula is C20H28N4O3S. The molecule has 0 radical (unpaired) electrons. The summed E-state index contributed by atoms with van der Waals surface area (Å²) < 4.78 is 0. The molecule has 0 spiro atoms. The molecule has 2 heterocycles. The van der Waals surface area contributed by atoms with Gasteiger partial charge in [0, 0.05) is 62.8 Å². The molecular weight excluding hydrogens is 376 g/mol. The molecule has 152 valence electrons. The van der Waals surface area contributed by atoms with Crippen LogP contribution >= 0.6 is 11.8 Å². The van der Waals surface area contributed by atoms with E-state index in [0.29, 0.717) is 45.8 Å². The van der Waals surface area contributed by atoms with Gasteiger partial charge in [0.05, 0.1) is 12.2 Å². The fourth-order valence-electron chi connectivity index (χ4n) is 3.55. The van der Waals surface area contributed by atoms with Crippen LogP contribution in [0.4, 0.5) is 5.69 Å². The van der Waals surface area contributed by atoms with Crippen LogP contribution in [0.3, 0.4) is 0 Å². The lowest BCUT2D eigenvalue weighted by molar-refractivity contribution is -0.135. The van der Waals surface area contributed by atoms with Crippen molar-refractivity contribution in [3.05, 3.63) is 24.3 Å². The van der Waals surface area contributed by atoms with E-state index >= 15 is 0 Å². The largest absolute Gasteiger partial charge is 0.355 e. The number of carbonyl (C=O) groups is 3. The van der Waals surface area contributed by atoms with Gasteiger partial charge in [-0.3, -0.25) is 19.3 Å². The van der Waals surface area contributed by atoms with Gasteiger partial charge in [0.15, 0.2) is 0 Å². The number of nitrogens with one attached hydrogen (secondary N) is 1. The number of amides is 3. The first-order valence-electron chi connectivity index (χ1n) is 9.87. The monoisotopic (exact) mass is 404 g/mol. The molecule has 3 rings (SSSR count). The highest BCUT2D eigenvalue weighted by Gasteiger charge is 2.25. The van der Waals surface area contributed by atoms with Crippen LogP contribution < -0.4 is 10.2 Å². The number of hydrogen-bond donors (Lipinski definition) is 1. The highest BCUT2D eigenvalue weighted by atomic mass is 32.2. The van der Waals surface area contributed by atoms with Crippen LogP contribution in [0.15, 0.2) is 29.2 Å². The number of para-hydroxylation sites is 1. The van der Waals surface area contributed by atoms with Crippen molar-refractivity contribution in [2.75, 3.05) is 56.5 Å². The molecule has 28 heavy (non-hydrogen) atoms. The smallest absolute Gasteiger partial charge is 0.234 e. The number of thioether (sulfide) groups is 1. The fraction of sp³-hybridized carbons (Fsp3) is 0.550. The Labute approximate surface area is 170 Å². The second kappa shape index (κ2) is 9.93. The van der Waals surface area contributed by atoms with Crippen molar-refractivity contribution in [2.24, 2.45) is 0 Å². The van der Waals surface area contributed by atoms with Crippen LogP contribution in [-0.4, -0.2) is 79.1 Å². The molecule has 0 unspecified atom stereocenters. The molecule has 2 aliphatic heterocycles. The number of carbonyl (C=O) groups excluding carboxylic acids is 3. The van der Waals surface area contributed by atoms with E-state index in [1.54, 1.807) is 11.8 Å². The topological polar surface area (TPSA) is 73.0 Å². The molecule has 0 atom stereocenters. The van der Waals surface area contributed by atoms with Crippen molar-refractivity contribution in [2.45, 2.75) is 24.7 Å². The van der Waals surface area contributed by atoms with Crippen LogP contribution in [0, 0.1) is 0 Å². The van der Waals surface area contributed by atoms with Crippen LogP contribution in [-0.2, 0) is 14.4 Å². The van der Waals surface area contributed by atoms with E-state index in [9.17, 15) is 14.4 Å². The number of anilines is 1. The van der Waals surface area contributed by atoms with E-state index in [1.165, 1.54) is 0 Å². The van der Waals surface area contributed by atoms with Gasteiger partial charge in [0.1, 0.15) is 0 Å². The van der Waals surface area contributed by atoms with E-state index in [2.05, 4.69) is 10.2 Å². The van der Waals surface area contributed by atoms with Gasteiger partial charge in [-0.1, -0.05) is 12.1 Å². The van der Waals surface area contributed by atoms with Crippen molar-refractivity contribution in [1.82, 2.24) is 15.1 Å². The Morgan fingerprint density at radius 3 is 2.46 bits per heavy atom. The third-order valence-electron chi connectivity index (χ3n) is 5.05. The first-order valence-corrected chi connectivity index (χ1v) is 10.9. The van der Waals surface area contributed by atoms with Crippen molar-refractivity contribution in [1.29, 1.82) is 0 Å². The maximum atomic E-state index is 12.7. The zero-order chi connectivity index (χ0) is 19.9.